The molecule has 0 spiro atoms. The zero-order chi connectivity index (χ0) is 22.3. The molecule has 2 aromatic rings. The molecule has 0 unspecified atom stereocenters. The Hall–Kier alpha value is -2.88. The van der Waals surface area contributed by atoms with Crippen LogP contribution in [0, 0.1) is 17.8 Å². The monoisotopic (exact) mass is 431 g/mol. The van der Waals surface area contributed by atoms with Gasteiger partial charge in [-0.05, 0) is 79.5 Å². The van der Waals surface area contributed by atoms with Crippen molar-refractivity contribution in [1.82, 2.24) is 5.32 Å². The highest BCUT2D eigenvalue weighted by atomic mass is 16.5. The summed E-state index contributed by atoms with van der Waals surface area (Å²) in [6.45, 7) is 0. The number of fused-ring (bicyclic) bond motifs is 2. The summed E-state index contributed by atoms with van der Waals surface area (Å²) in [6.07, 6.45) is 11.3. The molecule has 0 aliphatic heterocycles. The van der Waals surface area contributed by atoms with Gasteiger partial charge in [-0.2, -0.15) is 0 Å². The molecule has 4 nitrogen and oxygen atoms in total. The normalized spacial score (nSPS) is 24.0. The molecule has 1 amide bonds. The van der Waals surface area contributed by atoms with E-state index in [1.54, 1.807) is 0 Å². The number of esters is 1. The van der Waals surface area contributed by atoms with Crippen LogP contribution in [-0.4, -0.2) is 25.0 Å². The fourth-order valence-corrected chi connectivity index (χ4v) is 5.49. The van der Waals surface area contributed by atoms with Crippen LogP contribution in [0.4, 0.5) is 0 Å². The first-order valence-corrected chi connectivity index (χ1v) is 11.8. The SMILES string of the molecule is COC(=O)CCC/C=C\C[C@@H]1[C@H]2CC[C@H](C2)[C@H]1NC(=O)c1ccc(-c2ccccc2)cc1. The second-order valence-corrected chi connectivity index (χ2v) is 9.12. The highest BCUT2D eigenvalue weighted by Gasteiger charge is 2.47. The van der Waals surface area contributed by atoms with Crippen LogP contribution in [0.3, 0.4) is 0 Å². The Balaban J connectivity index is 1.32. The van der Waals surface area contributed by atoms with Crippen molar-refractivity contribution >= 4 is 11.9 Å². The molecule has 4 rings (SSSR count). The zero-order valence-corrected chi connectivity index (χ0v) is 18.8. The number of hydrogen-bond acceptors (Lipinski definition) is 3. The molecule has 0 aromatic heterocycles. The lowest BCUT2D eigenvalue weighted by atomic mass is 9.82. The highest BCUT2D eigenvalue weighted by Crippen LogP contribution is 2.50. The topological polar surface area (TPSA) is 55.4 Å². The van der Waals surface area contributed by atoms with Crippen molar-refractivity contribution in [1.29, 1.82) is 0 Å². The number of unbranched alkanes of at least 4 members (excludes halogenated alkanes) is 1. The number of hydrogen-bond donors (Lipinski definition) is 1. The van der Waals surface area contributed by atoms with Crippen molar-refractivity contribution in [3.8, 4) is 11.1 Å². The van der Waals surface area contributed by atoms with E-state index in [9.17, 15) is 9.59 Å². The molecule has 0 heterocycles. The number of methoxy groups -OCH3 is 1. The van der Waals surface area contributed by atoms with E-state index in [2.05, 4.69) is 34.3 Å². The summed E-state index contributed by atoms with van der Waals surface area (Å²) in [4.78, 5) is 24.2. The van der Waals surface area contributed by atoms with Crippen LogP contribution in [-0.2, 0) is 9.53 Å². The second-order valence-electron chi connectivity index (χ2n) is 9.12. The van der Waals surface area contributed by atoms with E-state index in [-0.39, 0.29) is 17.9 Å². The van der Waals surface area contributed by atoms with Gasteiger partial charge >= 0.3 is 5.97 Å². The van der Waals surface area contributed by atoms with Crippen LogP contribution in [0.5, 0.6) is 0 Å². The molecule has 32 heavy (non-hydrogen) atoms. The lowest BCUT2D eigenvalue weighted by molar-refractivity contribution is -0.140. The number of rotatable bonds is 9. The molecule has 0 radical (unpaired) electrons. The number of allylic oxidation sites excluding steroid dienone is 2. The smallest absolute Gasteiger partial charge is 0.305 e. The highest BCUT2D eigenvalue weighted by molar-refractivity contribution is 5.95. The van der Waals surface area contributed by atoms with Crippen LogP contribution in [0.25, 0.3) is 11.1 Å². The van der Waals surface area contributed by atoms with Crippen molar-refractivity contribution in [3.63, 3.8) is 0 Å². The summed E-state index contributed by atoms with van der Waals surface area (Å²) in [5.74, 6) is 1.72. The van der Waals surface area contributed by atoms with Crippen molar-refractivity contribution in [2.45, 2.75) is 51.0 Å². The van der Waals surface area contributed by atoms with Crippen LogP contribution in [0.15, 0.2) is 66.7 Å². The third-order valence-electron chi connectivity index (χ3n) is 7.19. The number of carbonyl (C=O) groups is 2. The summed E-state index contributed by atoms with van der Waals surface area (Å²) in [5.41, 5.74) is 3.01. The van der Waals surface area contributed by atoms with E-state index in [1.165, 1.54) is 26.4 Å². The Morgan fingerprint density at radius 2 is 1.69 bits per heavy atom. The Morgan fingerprint density at radius 3 is 2.44 bits per heavy atom. The second kappa shape index (κ2) is 10.6. The third-order valence-corrected chi connectivity index (χ3v) is 7.19. The molecule has 2 aliphatic rings. The van der Waals surface area contributed by atoms with E-state index >= 15 is 0 Å². The number of benzene rings is 2. The summed E-state index contributed by atoms with van der Waals surface area (Å²) < 4.78 is 4.68. The predicted octanol–water partition coefficient (Wildman–Crippen LogP) is 5.79. The van der Waals surface area contributed by atoms with Gasteiger partial charge in [-0.1, -0.05) is 54.6 Å². The van der Waals surface area contributed by atoms with E-state index in [0.29, 0.717) is 24.2 Å². The average molecular weight is 432 g/mol. The molecular formula is C28H33NO3. The minimum atomic E-state index is -0.147. The molecule has 2 saturated carbocycles. The van der Waals surface area contributed by atoms with Crippen LogP contribution >= 0.6 is 0 Å². The standard InChI is InChI=1S/C28H33NO3/c1-32-26(30)12-8-3-2-7-11-25-23-17-18-24(19-23)27(25)29-28(31)22-15-13-21(14-16-22)20-9-5-4-6-10-20/h2,4-7,9-10,13-16,23-25,27H,3,8,11-12,17-19H2,1H3,(H,29,31)/b7-2-/t23-,24+,25+,27+/m0/s1. The maximum Gasteiger partial charge on any atom is 0.305 e. The molecule has 1 N–H and O–H groups in total. The van der Waals surface area contributed by atoms with Crippen molar-refractivity contribution in [2.75, 3.05) is 7.11 Å². The van der Waals surface area contributed by atoms with Gasteiger partial charge in [0, 0.05) is 18.0 Å². The fraction of sp³-hybridized carbons (Fsp3) is 0.429. The first kappa shape index (κ1) is 22.3. The quantitative estimate of drug-likeness (QED) is 0.311. The van der Waals surface area contributed by atoms with Gasteiger partial charge in [0.15, 0.2) is 0 Å². The maximum absolute atomic E-state index is 13.0. The van der Waals surface area contributed by atoms with Gasteiger partial charge in [0.25, 0.3) is 5.91 Å². The maximum atomic E-state index is 13.0. The van der Waals surface area contributed by atoms with E-state index in [4.69, 9.17) is 0 Å². The van der Waals surface area contributed by atoms with E-state index in [1.807, 2.05) is 42.5 Å². The Morgan fingerprint density at radius 1 is 0.969 bits per heavy atom. The number of nitrogens with one attached hydrogen (secondary N) is 1. The van der Waals surface area contributed by atoms with Gasteiger partial charge in [-0.15, -0.1) is 0 Å². The molecule has 4 heteroatoms. The molecule has 168 valence electrons. The first-order chi connectivity index (χ1) is 15.7. The van der Waals surface area contributed by atoms with Crippen LogP contribution in [0.1, 0.15) is 55.3 Å². The summed E-state index contributed by atoms with van der Waals surface area (Å²) in [5, 5.41) is 3.38. The first-order valence-electron chi connectivity index (χ1n) is 11.8. The Labute approximate surface area is 191 Å². The molecule has 2 aliphatic carbocycles. The van der Waals surface area contributed by atoms with E-state index < -0.39 is 0 Å². The lowest BCUT2D eigenvalue weighted by Crippen LogP contribution is -2.43. The van der Waals surface area contributed by atoms with Gasteiger partial charge in [0.05, 0.1) is 7.11 Å². The largest absolute Gasteiger partial charge is 0.469 e. The minimum absolute atomic E-state index is 0.0363. The summed E-state index contributed by atoms with van der Waals surface area (Å²) in [7, 11) is 1.43. The molecule has 2 fully saturated rings. The molecular weight excluding hydrogens is 398 g/mol. The van der Waals surface area contributed by atoms with Crippen molar-refractivity contribution in [2.24, 2.45) is 17.8 Å². The molecule has 0 saturated heterocycles. The van der Waals surface area contributed by atoms with Gasteiger partial charge in [0.2, 0.25) is 0 Å². The van der Waals surface area contributed by atoms with Gasteiger partial charge in [-0.3, -0.25) is 9.59 Å². The molecule has 4 atom stereocenters. The number of ether oxygens (including phenoxy) is 1. The van der Waals surface area contributed by atoms with Crippen LogP contribution in [0.2, 0.25) is 0 Å². The van der Waals surface area contributed by atoms with E-state index in [0.717, 1.165) is 36.0 Å². The average Bonchev–Trinajstić information content (AvgIpc) is 3.44. The minimum Gasteiger partial charge on any atom is -0.469 e. The summed E-state index contributed by atoms with van der Waals surface area (Å²) >= 11 is 0. The molecule has 2 bridgehead atoms. The van der Waals surface area contributed by atoms with Gasteiger partial charge < -0.3 is 10.1 Å². The lowest BCUT2D eigenvalue weighted by Gasteiger charge is -2.31. The Bertz CT molecular complexity index is 935. The molecule has 2 aromatic carbocycles. The van der Waals surface area contributed by atoms with Gasteiger partial charge in [-0.25, -0.2) is 0 Å². The number of amides is 1. The fourth-order valence-electron chi connectivity index (χ4n) is 5.49. The third kappa shape index (κ3) is 5.29. The van der Waals surface area contributed by atoms with Crippen molar-refractivity contribution < 1.29 is 14.3 Å². The summed E-state index contributed by atoms with van der Waals surface area (Å²) in [6, 6.07) is 18.4. The Kier molecular flexibility index (Phi) is 7.41. The predicted molar refractivity (Wildman–Crippen MR) is 127 cm³/mol. The van der Waals surface area contributed by atoms with Crippen molar-refractivity contribution in [3.05, 3.63) is 72.3 Å². The van der Waals surface area contributed by atoms with Gasteiger partial charge in [0.1, 0.15) is 0 Å². The zero-order valence-electron chi connectivity index (χ0n) is 18.8. The van der Waals surface area contributed by atoms with Crippen LogP contribution < -0.4 is 5.32 Å². The number of carbonyl (C=O) groups excluding carboxylic acids is 2.